The van der Waals surface area contributed by atoms with Crippen LogP contribution in [0.15, 0.2) is 24.3 Å². The number of carbonyl (C=O) groups is 1. The summed E-state index contributed by atoms with van der Waals surface area (Å²) in [4.78, 5) is 13.8. The molecule has 0 aromatic heterocycles. The molecule has 0 aliphatic carbocycles. The standard InChI is InChI=1S/C15H21N3O/c16-15(19)11-4-3-5-12(10-11)17-13-7-9-18-8-2-1-6-14(13)18/h3-5,10,13-14,17H,1-2,6-9H2,(H2,16,19). The van der Waals surface area contributed by atoms with E-state index in [-0.39, 0.29) is 5.91 Å². The van der Waals surface area contributed by atoms with Crippen molar-refractivity contribution in [3.8, 4) is 0 Å². The van der Waals surface area contributed by atoms with E-state index in [2.05, 4.69) is 10.2 Å². The Morgan fingerprint density at radius 2 is 2.16 bits per heavy atom. The van der Waals surface area contributed by atoms with Crippen molar-refractivity contribution < 1.29 is 4.79 Å². The number of hydrogen-bond acceptors (Lipinski definition) is 3. The predicted molar refractivity (Wildman–Crippen MR) is 76.2 cm³/mol. The van der Waals surface area contributed by atoms with Gasteiger partial charge in [0.05, 0.1) is 0 Å². The maximum atomic E-state index is 11.2. The molecule has 0 saturated carbocycles. The summed E-state index contributed by atoms with van der Waals surface area (Å²) in [6, 6.07) is 8.67. The molecule has 1 amide bonds. The van der Waals surface area contributed by atoms with Gasteiger partial charge in [-0.3, -0.25) is 9.69 Å². The van der Waals surface area contributed by atoms with Gasteiger partial charge in [-0.15, -0.1) is 0 Å². The average Bonchev–Trinajstić information content (AvgIpc) is 2.83. The van der Waals surface area contributed by atoms with Crippen LogP contribution < -0.4 is 11.1 Å². The van der Waals surface area contributed by atoms with Crippen LogP contribution in [0.25, 0.3) is 0 Å². The average molecular weight is 259 g/mol. The number of amides is 1. The Kier molecular flexibility index (Phi) is 3.42. The van der Waals surface area contributed by atoms with Crippen LogP contribution in [0.5, 0.6) is 0 Å². The second kappa shape index (κ2) is 5.21. The molecule has 4 nitrogen and oxygen atoms in total. The van der Waals surface area contributed by atoms with E-state index in [4.69, 9.17) is 5.73 Å². The van der Waals surface area contributed by atoms with E-state index in [0.29, 0.717) is 17.6 Å². The largest absolute Gasteiger partial charge is 0.381 e. The number of nitrogens with zero attached hydrogens (tertiary/aromatic N) is 1. The van der Waals surface area contributed by atoms with Gasteiger partial charge in [0.15, 0.2) is 0 Å². The molecule has 2 fully saturated rings. The highest BCUT2D eigenvalue weighted by molar-refractivity contribution is 5.93. The van der Waals surface area contributed by atoms with Crippen LogP contribution in [-0.2, 0) is 0 Å². The van der Waals surface area contributed by atoms with Crippen molar-refractivity contribution in [3.63, 3.8) is 0 Å². The zero-order valence-corrected chi connectivity index (χ0v) is 11.1. The van der Waals surface area contributed by atoms with Gasteiger partial charge in [0.1, 0.15) is 0 Å². The highest BCUT2D eigenvalue weighted by atomic mass is 16.1. The molecular formula is C15H21N3O. The summed E-state index contributed by atoms with van der Waals surface area (Å²) in [7, 11) is 0. The molecule has 0 spiro atoms. The maximum Gasteiger partial charge on any atom is 0.248 e. The van der Waals surface area contributed by atoms with Crippen LogP contribution in [0.3, 0.4) is 0 Å². The number of hydrogen-bond donors (Lipinski definition) is 2. The Morgan fingerprint density at radius 1 is 1.26 bits per heavy atom. The minimum atomic E-state index is -0.366. The van der Waals surface area contributed by atoms with Crippen molar-refractivity contribution >= 4 is 11.6 Å². The van der Waals surface area contributed by atoms with E-state index in [0.717, 1.165) is 5.69 Å². The lowest BCUT2D eigenvalue weighted by atomic mass is 9.99. The van der Waals surface area contributed by atoms with Crippen molar-refractivity contribution in [2.24, 2.45) is 5.73 Å². The first-order valence-electron chi connectivity index (χ1n) is 7.14. The van der Waals surface area contributed by atoms with Gasteiger partial charge in [0.25, 0.3) is 0 Å². The summed E-state index contributed by atoms with van der Waals surface area (Å²) in [6.07, 6.45) is 5.14. The second-order valence-electron chi connectivity index (χ2n) is 5.58. The Morgan fingerprint density at radius 3 is 3.00 bits per heavy atom. The van der Waals surface area contributed by atoms with Crippen LogP contribution in [0.4, 0.5) is 5.69 Å². The minimum absolute atomic E-state index is 0.366. The van der Waals surface area contributed by atoms with Gasteiger partial charge in [-0.2, -0.15) is 0 Å². The second-order valence-corrected chi connectivity index (χ2v) is 5.58. The molecule has 0 bridgehead atoms. The summed E-state index contributed by atoms with van der Waals surface area (Å²) in [5.41, 5.74) is 6.90. The van der Waals surface area contributed by atoms with Crippen molar-refractivity contribution in [3.05, 3.63) is 29.8 Å². The highest BCUT2D eigenvalue weighted by Gasteiger charge is 2.35. The van der Waals surface area contributed by atoms with E-state index >= 15 is 0 Å². The minimum Gasteiger partial charge on any atom is -0.381 e. The van der Waals surface area contributed by atoms with Crippen LogP contribution in [-0.4, -0.2) is 36.0 Å². The number of primary amides is 1. The third kappa shape index (κ3) is 2.59. The van der Waals surface area contributed by atoms with Gasteiger partial charge in [-0.1, -0.05) is 12.5 Å². The molecule has 102 valence electrons. The fraction of sp³-hybridized carbons (Fsp3) is 0.533. The first-order valence-corrected chi connectivity index (χ1v) is 7.14. The normalized spacial score (nSPS) is 26.9. The summed E-state index contributed by atoms with van der Waals surface area (Å²) in [5, 5.41) is 3.59. The van der Waals surface area contributed by atoms with Gasteiger partial charge in [0.2, 0.25) is 5.91 Å². The lowest BCUT2D eigenvalue weighted by molar-refractivity contribution is 0.100. The molecule has 3 rings (SSSR count). The van der Waals surface area contributed by atoms with Gasteiger partial charge in [-0.25, -0.2) is 0 Å². The first kappa shape index (κ1) is 12.5. The van der Waals surface area contributed by atoms with Crippen LogP contribution in [0.2, 0.25) is 0 Å². The molecule has 2 aliphatic rings. The van der Waals surface area contributed by atoms with E-state index in [1.165, 1.54) is 38.8 Å². The molecule has 2 saturated heterocycles. The molecule has 2 heterocycles. The molecule has 1 aromatic rings. The van der Waals surface area contributed by atoms with Gasteiger partial charge >= 0.3 is 0 Å². The van der Waals surface area contributed by atoms with Crippen LogP contribution in [0, 0.1) is 0 Å². The molecule has 3 N–H and O–H groups in total. The van der Waals surface area contributed by atoms with E-state index in [1.54, 1.807) is 6.07 Å². The zero-order chi connectivity index (χ0) is 13.2. The summed E-state index contributed by atoms with van der Waals surface area (Å²) in [5.74, 6) is -0.366. The Labute approximate surface area is 114 Å². The predicted octanol–water partition coefficient (Wildman–Crippen LogP) is 1.82. The number of carbonyl (C=O) groups excluding carboxylic acids is 1. The molecule has 2 atom stereocenters. The molecule has 2 unspecified atom stereocenters. The fourth-order valence-corrected chi connectivity index (χ4v) is 3.39. The summed E-state index contributed by atoms with van der Waals surface area (Å²) in [6.45, 7) is 2.43. The number of rotatable bonds is 3. The Balaban J connectivity index is 1.71. The lowest BCUT2D eigenvalue weighted by Gasteiger charge is -2.33. The molecule has 0 radical (unpaired) electrons. The third-order valence-electron chi connectivity index (χ3n) is 4.36. The number of fused-ring (bicyclic) bond motifs is 1. The SMILES string of the molecule is NC(=O)c1cccc(NC2CCN3CCCCC23)c1. The molecule has 1 aromatic carbocycles. The lowest BCUT2D eigenvalue weighted by Crippen LogP contribution is -2.41. The number of benzene rings is 1. The van der Waals surface area contributed by atoms with Crippen molar-refractivity contribution in [1.82, 2.24) is 4.90 Å². The van der Waals surface area contributed by atoms with Gasteiger partial charge in [0, 0.05) is 29.9 Å². The van der Waals surface area contributed by atoms with Crippen LogP contribution >= 0.6 is 0 Å². The smallest absolute Gasteiger partial charge is 0.248 e. The molecule has 4 heteroatoms. The quantitative estimate of drug-likeness (QED) is 0.870. The van der Waals surface area contributed by atoms with Crippen molar-refractivity contribution in [2.45, 2.75) is 37.8 Å². The third-order valence-corrected chi connectivity index (χ3v) is 4.36. The molecular weight excluding hydrogens is 238 g/mol. The number of anilines is 1. The summed E-state index contributed by atoms with van der Waals surface area (Å²) < 4.78 is 0. The molecule has 2 aliphatic heterocycles. The first-order chi connectivity index (χ1) is 9.24. The fourth-order valence-electron chi connectivity index (χ4n) is 3.39. The van der Waals surface area contributed by atoms with Crippen molar-refractivity contribution in [2.75, 3.05) is 18.4 Å². The van der Waals surface area contributed by atoms with E-state index in [9.17, 15) is 4.79 Å². The van der Waals surface area contributed by atoms with Gasteiger partial charge < -0.3 is 11.1 Å². The number of piperidine rings is 1. The Hall–Kier alpha value is -1.55. The summed E-state index contributed by atoms with van der Waals surface area (Å²) >= 11 is 0. The molecule has 19 heavy (non-hydrogen) atoms. The Bertz CT molecular complexity index is 474. The highest BCUT2D eigenvalue weighted by Crippen LogP contribution is 2.29. The van der Waals surface area contributed by atoms with E-state index in [1.807, 2.05) is 18.2 Å². The van der Waals surface area contributed by atoms with Gasteiger partial charge in [-0.05, 0) is 44.0 Å². The van der Waals surface area contributed by atoms with Crippen LogP contribution in [0.1, 0.15) is 36.0 Å². The van der Waals surface area contributed by atoms with Crippen molar-refractivity contribution in [1.29, 1.82) is 0 Å². The maximum absolute atomic E-state index is 11.2. The topological polar surface area (TPSA) is 58.4 Å². The number of nitrogens with one attached hydrogen (secondary N) is 1. The zero-order valence-electron chi connectivity index (χ0n) is 11.1. The van der Waals surface area contributed by atoms with E-state index < -0.39 is 0 Å². The number of nitrogens with two attached hydrogens (primary N) is 1. The monoisotopic (exact) mass is 259 g/mol.